The monoisotopic (exact) mass is 462 g/mol. The number of hydrogen-bond acceptors (Lipinski definition) is 5. The normalized spacial score (nSPS) is 14.6. The van der Waals surface area contributed by atoms with Gasteiger partial charge in [-0.1, -0.05) is 19.1 Å². The summed E-state index contributed by atoms with van der Waals surface area (Å²) in [6, 6.07) is 13.5. The SMILES string of the molecule is CCC(=O)N(C)c1cccc(-c2nc(CCOc3ccc4c(c3)CC[C@H]4CC(=O)O)c(C)o2)c1. The quantitative estimate of drug-likeness (QED) is 0.473. The molecule has 0 aliphatic heterocycles. The van der Waals surface area contributed by atoms with Crippen molar-refractivity contribution < 1.29 is 23.8 Å². The maximum Gasteiger partial charge on any atom is 0.303 e. The van der Waals surface area contributed by atoms with Gasteiger partial charge in [0.25, 0.3) is 0 Å². The van der Waals surface area contributed by atoms with Gasteiger partial charge >= 0.3 is 5.97 Å². The van der Waals surface area contributed by atoms with E-state index in [1.165, 1.54) is 5.56 Å². The van der Waals surface area contributed by atoms with Crippen molar-refractivity contribution in [1.29, 1.82) is 0 Å². The summed E-state index contributed by atoms with van der Waals surface area (Å²) >= 11 is 0. The molecule has 1 amide bonds. The van der Waals surface area contributed by atoms with Gasteiger partial charge in [0.1, 0.15) is 11.5 Å². The lowest BCUT2D eigenvalue weighted by Gasteiger charge is -2.16. The van der Waals surface area contributed by atoms with E-state index in [0.717, 1.165) is 46.9 Å². The number of carbonyl (C=O) groups is 2. The topological polar surface area (TPSA) is 92.9 Å². The smallest absolute Gasteiger partial charge is 0.303 e. The lowest BCUT2D eigenvalue weighted by molar-refractivity contribution is -0.137. The van der Waals surface area contributed by atoms with Gasteiger partial charge in [0, 0.05) is 31.1 Å². The van der Waals surface area contributed by atoms with Gasteiger partial charge in [-0.05, 0) is 67.1 Å². The second-order valence-corrected chi connectivity index (χ2v) is 8.67. The molecule has 3 aromatic rings. The van der Waals surface area contributed by atoms with Gasteiger partial charge in [0.2, 0.25) is 11.8 Å². The van der Waals surface area contributed by atoms with E-state index in [-0.39, 0.29) is 18.2 Å². The van der Waals surface area contributed by atoms with Gasteiger partial charge in [0.05, 0.1) is 18.7 Å². The number of carbonyl (C=O) groups excluding carboxylic acids is 1. The van der Waals surface area contributed by atoms with E-state index < -0.39 is 5.97 Å². The van der Waals surface area contributed by atoms with Gasteiger partial charge in [-0.25, -0.2) is 4.98 Å². The van der Waals surface area contributed by atoms with Gasteiger partial charge in [-0.15, -0.1) is 0 Å². The first-order chi connectivity index (χ1) is 16.4. The number of carboxylic acids is 1. The third-order valence-electron chi connectivity index (χ3n) is 6.39. The average Bonchev–Trinajstić information content (AvgIpc) is 3.40. The van der Waals surface area contributed by atoms with E-state index in [1.807, 2.05) is 56.3 Å². The molecular formula is C27H30N2O5. The Bertz CT molecular complexity index is 1200. The van der Waals surface area contributed by atoms with Crippen molar-refractivity contribution in [2.24, 2.45) is 0 Å². The largest absolute Gasteiger partial charge is 0.493 e. The molecule has 0 saturated carbocycles. The predicted molar refractivity (Wildman–Crippen MR) is 129 cm³/mol. The van der Waals surface area contributed by atoms with Crippen molar-refractivity contribution in [2.45, 2.75) is 51.9 Å². The molecule has 34 heavy (non-hydrogen) atoms. The Labute approximate surface area is 199 Å². The van der Waals surface area contributed by atoms with Gasteiger partial charge in [-0.3, -0.25) is 9.59 Å². The van der Waals surface area contributed by atoms with Crippen LogP contribution in [0, 0.1) is 6.92 Å². The first-order valence-electron chi connectivity index (χ1n) is 11.7. The molecule has 2 aromatic carbocycles. The van der Waals surface area contributed by atoms with Gasteiger partial charge in [-0.2, -0.15) is 0 Å². The van der Waals surface area contributed by atoms with Crippen LogP contribution in [0.15, 0.2) is 46.9 Å². The molecule has 7 nitrogen and oxygen atoms in total. The Morgan fingerprint density at radius 2 is 2.06 bits per heavy atom. The number of carboxylic acid groups (broad SMARTS) is 1. The Hall–Kier alpha value is -3.61. The van der Waals surface area contributed by atoms with Crippen molar-refractivity contribution in [2.75, 3.05) is 18.6 Å². The van der Waals surface area contributed by atoms with Crippen LogP contribution in [-0.2, 0) is 22.4 Å². The summed E-state index contributed by atoms with van der Waals surface area (Å²) in [6.45, 7) is 4.19. The summed E-state index contributed by atoms with van der Waals surface area (Å²) in [5.74, 6) is 1.43. The number of hydrogen-bond donors (Lipinski definition) is 1. The number of oxazole rings is 1. The maximum absolute atomic E-state index is 12.0. The molecule has 1 aromatic heterocycles. The number of fused-ring (bicyclic) bond motifs is 1. The Kier molecular flexibility index (Phi) is 7.01. The van der Waals surface area contributed by atoms with Crippen LogP contribution in [0.5, 0.6) is 5.75 Å². The highest BCUT2D eigenvalue weighted by atomic mass is 16.5. The fourth-order valence-corrected chi connectivity index (χ4v) is 4.47. The highest BCUT2D eigenvalue weighted by Gasteiger charge is 2.25. The summed E-state index contributed by atoms with van der Waals surface area (Å²) in [7, 11) is 1.76. The van der Waals surface area contributed by atoms with E-state index >= 15 is 0 Å². The number of rotatable bonds is 9. The van der Waals surface area contributed by atoms with Crippen LogP contribution in [0.2, 0.25) is 0 Å². The standard InChI is InChI=1S/C27H30N2O5/c1-4-25(30)29(3)21-7-5-6-20(14-21)27-28-24(17(2)34-27)12-13-33-22-10-11-23-18(15-22)8-9-19(23)16-26(31)32/h5-7,10-11,14-15,19H,4,8-9,12-13,16H2,1-3H3,(H,31,32)/t19-/m0/s1. The molecule has 0 saturated heterocycles. The third-order valence-corrected chi connectivity index (χ3v) is 6.39. The van der Waals surface area contributed by atoms with Crippen LogP contribution >= 0.6 is 0 Å². The molecule has 178 valence electrons. The second-order valence-electron chi connectivity index (χ2n) is 8.67. The number of ether oxygens (including phenoxy) is 1. The summed E-state index contributed by atoms with van der Waals surface area (Å²) < 4.78 is 11.9. The van der Waals surface area contributed by atoms with E-state index in [1.54, 1.807) is 11.9 Å². The number of amides is 1. The first kappa shape index (κ1) is 23.5. The minimum absolute atomic E-state index is 0.0440. The molecule has 4 rings (SSSR count). The Morgan fingerprint density at radius 3 is 2.82 bits per heavy atom. The lowest BCUT2D eigenvalue weighted by Crippen LogP contribution is -2.24. The zero-order chi connectivity index (χ0) is 24.2. The predicted octanol–water partition coefficient (Wildman–Crippen LogP) is 5.15. The van der Waals surface area contributed by atoms with Gasteiger partial charge < -0.3 is 19.2 Å². The number of nitrogens with zero attached hydrogens (tertiary/aromatic N) is 2. The molecule has 0 spiro atoms. The van der Waals surface area contributed by atoms with E-state index in [2.05, 4.69) is 4.98 Å². The molecule has 1 N–H and O–H groups in total. The molecule has 1 aliphatic rings. The fourth-order valence-electron chi connectivity index (χ4n) is 4.47. The van der Waals surface area contributed by atoms with Crippen LogP contribution in [0.3, 0.4) is 0 Å². The minimum atomic E-state index is -0.756. The molecule has 0 unspecified atom stereocenters. The molecule has 1 aliphatic carbocycles. The number of aryl methyl sites for hydroxylation is 2. The molecule has 0 bridgehead atoms. The van der Waals surface area contributed by atoms with Crippen molar-refractivity contribution in [1.82, 2.24) is 4.98 Å². The summed E-state index contributed by atoms with van der Waals surface area (Å²) in [6.07, 6.45) is 2.97. The minimum Gasteiger partial charge on any atom is -0.493 e. The lowest BCUT2D eigenvalue weighted by atomic mass is 9.98. The second kappa shape index (κ2) is 10.1. The maximum atomic E-state index is 12.0. The highest BCUT2D eigenvalue weighted by molar-refractivity contribution is 5.93. The van der Waals surface area contributed by atoms with Crippen molar-refractivity contribution >= 4 is 17.6 Å². The summed E-state index contributed by atoms with van der Waals surface area (Å²) in [4.78, 5) is 29.4. The number of aromatic nitrogens is 1. The molecule has 1 heterocycles. The van der Waals surface area contributed by atoms with E-state index in [0.29, 0.717) is 25.3 Å². The van der Waals surface area contributed by atoms with Crippen LogP contribution in [0.4, 0.5) is 5.69 Å². The van der Waals surface area contributed by atoms with Crippen molar-refractivity contribution in [3.8, 4) is 17.2 Å². The summed E-state index contributed by atoms with van der Waals surface area (Å²) in [5, 5.41) is 9.09. The third kappa shape index (κ3) is 5.14. The molecule has 7 heteroatoms. The van der Waals surface area contributed by atoms with Crippen LogP contribution in [0.1, 0.15) is 54.7 Å². The van der Waals surface area contributed by atoms with Crippen LogP contribution < -0.4 is 9.64 Å². The first-order valence-corrected chi connectivity index (χ1v) is 11.7. The molecule has 1 atom stereocenters. The molecular weight excluding hydrogens is 432 g/mol. The van der Waals surface area contributed by atoms with E-state index in [9.17, 15) is 9.59 Å². The van der Waals surface area contributed by atoms with E-state index in [4.69, 9.17) is 14.3 Å². The Morgan fingerprint density at radius 1 is 1.24 bits per heavy atom. The molecule has 0 radical (unpaired) electrons. The van der Waals surface area contributed by atoms with Crippen molar-refractivity contribution in [3.63, 3.8) is 0 Å². The summed E-state index contributed by atoms with van der Waals surface area (Å²) in [5.41, 5.74) is 4.75. The highest BCUT2D eigenvalue weighted by Crippen LogP contribution is 2.37. The zero-order valence-electron chi connectivity index (χ0n) is 19.8. The number of benzene rings is 2. The molecule has 0 fully saturated rings. The van der Waals surface area contributed by atoms with Gasteiger partial charge in [0.15, 0.2) is 0 Å². The van der Waals surface area contributed by atoms with Crippen LogP contribution in [-0.4, -0.2) is 35.6 Å². The zero-order valence-corrected chi connectivity index (χ0v) is 19.8. The van der Waals surface area contributed by atoms with Crippen LogP contribution in [0.25, 0.3) is 11.5 Å². The average molecular weight is 463 g/mol. The van der Waals surface area contributed by atoms with Crippen molar-refractivity contribution in [3.05, 3.63) is 65.0 Å². The number of aliphatic carboxylic acids is 1. The fraction of sp³-hybridized carbons (Fsp3) is 0.370. The number of anilines is 1. The Balaban J connectivity index is 1.39.